The minimum Gasteiger partial charge on any atom is -0.444 e. The summed E-state index contributed by atoms with van der Waals surface area (Å²) in [5, 5.41) is 5.54. The summed E-state index contributed by atoms with van der Waals surface area (Å²) in [5.74, 6) is 0. The molecule has 1 aromatic rings. The molecule has 6 nitrogen and oxygen atoms in total. The third-order valence-electron chi connectivity index (χ3n) is 3.41. The SMILES string of the molecule is CC(C)(C)OC(=O)NC1=CCC=CC(Sc2cccc(NC(=O)OC(C)(C)C)c2)=C1. The number of ether oxygens (including phenoxy) is 2. The zero-order valence-electron chi connectivity index (χ0n) is 18.4. The van der Waals surface area contributed by atoms with Gasteiger partial charge >= 0.3 is 12.2 Å². The minimum absolute atomic E-state index is 0.486. The van der Waals surface area contributed by atoms with Gasteiger partial charge in [0.05, 0.1) is 0 Å². The summed E-state index contributed by atoms with van der Waals surface area (Å²) < 4.78 is 10.6. The van der Waals surface area contributed by atoms with Crippen molar-refractivity contribution in [2.24, 2.45) is 0 Å². The molecule has 2 amide bonds. The number of alkyl carbamates (subject to hydrolysis) is 1. The summed E-state index contributed by atoms with van der Waals surface area (Å²) in [6, 6.07) is 7.50. The molecule has 7 heteroatoms. The summed E-state index contributed by atoms with van der Waals surface area (Å²) >= 11 is 1.53. The Hall–Kier alpha value is -2.67. The second kappa shape index (κ2) is 9.89. The molecule has 2 rings (SSSR count). The first-order valence-corrected chi connectivity index (χ1v) is 10.6. The van der Waals surface area contributed by atoms with Crippen LogP contribution in [0.3, 0.4) is 0 Å². The van der Waals surface area contributed by atoms with Gasteiger partial charge in [0.2, 0.25) is 0 Å². The van der Waals surface area contributed by atoms with E-state index in [9.17, 15) is 9.59 Å². The van der Waals surface area contributed by atoms with Crippen LogP contribution < -0.4 is 10.6 Å². The van der Waals surface area contributed by atoms with E-state index in [2.05, 4.69) is 10.6 Å². The molecule has 0 aromatic heterocycles. The number of benzene rings is 1. The van der Waals surface area contributed by atoms with E-state index in [1.165, 1.54) is 11.8 Å². The van der Waals surface area contributed by atoms with Gasteiger partial charge in [-0.05, 0) is 72.2 Å². The number of hydrogen-bond donors (Lipinski definition) is 2. The molecular weight excluding hydrogens is 400 g/mol. The molecule has 0 aliphatic heterocycles. The van der Waals surface area contributed by atoms with Crippen molar-refractivity contribution in [1.82, 2.24) is 5.32 Å². The third kappa shape index (κ3) is 9.22. The molecule has 162 valence electrons. The van der Waals surface area contributed by atoms with Crippen LogP contribution in [0.2, 0.25) is 0 Å². The number of allylic oxidation sites excluding steroid dienone is 4. The molecule has 0 fully saturated rings. The molecule has 0 atom stereocenters. The van der Waals surface area contributed by atoms with Gasteiger partial charge in [0, 0.05) is 21.2 Å². The second-order valence-electron chi connectivity index (χ2n) is 8.73. The number of carbonyl (C=O) groups excluding carboxylic acids is 2. The van der Waals surface area contributed by atoms with Crippen LogP contribution in [-0.2, 0) is 9.47 Å². The Kier molecular flexibility index (Phi) is 7.78. The van der Waals surface area contributed by atoms with Crippen molar-refractivity contribution in [2.75, 3.05) is 5.32 Å². The van der Waals surface area contributed by atoms with Crippen molar-refractivity contribution < 1.29 is 19.1 Å². The zero-order valence-corrected chi connectivity index (χ0v) is 19.2. The van der Waals surface area contributed by atoms with Gasteiger partial charge in [0.1, 0.15) is 11.2 Å². The molecule has 30 heavy (non-hydrogen) atoms. The van der Waals surface area contributed by atoms with Crippen LogP contribution >= 0.6 is 11.8 Å². The molecule has 0 saturated heterocycles. The van der Waals surface area contributed by atoms with E-state index >= 15 is 0 Å². The smallest absolute Gasteiger partial charge is 0.412 e. The molecule has 1 aliphatic carbocycles. The van der Waals surface area contributed by atoms with Crippen molar-refractivity contribution in [3.63, 3.8) is 0 Å². The van der Waals surface area contributed by atoms with E-state index in [4.69, 9.17) is 9.47 Å². The predicted octanol–water partition coefficient (Wildman–Crippen LogP) is 6.38. The molecule has 0 saturated carbocycles. The summed E-state index contributed by atoms with van der Waals surface area (Å²) in [5.41, 5.74) is 0.210. The van der Waals surface area contributed by atoms with Crippen LogP contribution in [0.5, 0.6) is 0 Å². The van der Waals surface area contributed by atoms with Gasteiger partial charge in [-0.25, -0.2) is 9.59 Å². The number of anilines is 1. The molecule has 1 aromatic carbocycles. The van der Waals surface area contributed by atoms with E-state index < -0.39 is 23.4 Å². The number of hydrogen-bond acceptors (Lipinski definition) is 5. The number of nitrogens with one attached hydrogen (secondary N) is 2. The van der Waals surface area contributed by atoms with Gasteiger partial charge in [-0.3, -0.25) is 10.6 Å². The fourth-order valence-electron chi connectivity index (χ4n) is 2.41. The monoisotopic (exact) mass is 430 g/mol. The van der Waals surface area contributed by atoms with E-state index in [1.807, 2.05) is 84.0 Å². The average molecular weight is 431 g/mol. The largest absolute Gasteiger partial charge is 0.444 e. The van der Waals surface area contributed by atoms with Gasteiger partial charge in [0.15, 0.2) is 0 Å². The highest BCUT2D eigenvalue weighted by Crippen LogP contribution is 2.31. The Morgan fingerprint density at radius 3 is 2.23 bits per heavy atom. The highest BCUT2D eigenvalue weighted by molar-refractivity contribution is 8.03. The van der Waals surface area contributed by atoms with Gasteiger partial charge in [-0.1, -0.05) is 36.1 Å². The number of amides is 2. The lowest BCUT2D eigenvalue weighted by molar-refractivity contribution is 0.0546. The van der Waals surface area contributed by atoms with Gasteiger partial charge in [-0.15, -0.1) is 0 Å². The molecule has 2 N–H and O–H groups in total. The summed E-state index contributed by atoms with van der Waals surface area (Å²) in [7, 11) is 0. The normalized spacial score (nSPS) is 14.2. The number of carbonyl (C=O) groups is 2. The van der Waals surface area contributed by atoms with E-state index in [-0.39, 0.29) is 0 Å². The summed E-state index contributed by atoms with van der Waals surface area (Å²) in [4.78, 5) is 26.0. The first kappa shape index (κ1) is 23.6. The molecule has 0 spiro atoms. The molecular formula is C23H30N2O4S. The standard InChI is InChI=1S/C23H30N2O4S/c1-22(2,3)28-20(26)24-16-10-7-8-12-18(14-16)30-19-13-9-11-17(15-19)25-21(27)29-23(4,5)6/h8-15H,7H2,1-6H3,(H,24,26)(H,25,27). The minimum atomic E-state index is -0.559. The molecule has 0 unspecified atom stereocenters. The third-order valence-corrected chi connectivity index (χ3v) is 4.39. The van der Waals surface area contributed by atoms with Crippen LogP contribution in [0, 0.1) is 0 Å². The highest BCUT2D eigenvalue weighted by atomic mass is 32.2. The topological polar surface area (TPSA) is 76.7 Å². The Morgan fingerprint density at radius 1 is 0.967 bits per heavy atom. The van der Waals surface area contributed by atoms with Crippen LogP contribution in [0.15, 0.2) is 64.1 Å². The Labute approximate surface area is 182 Å². The predicted molar refractivity (Wildman–Crippen MR) is 121 cm³/mol. The van der Waals surface area contributed by atoms with Crippen LogP contribution in [0.4, 0.5) is 15.3 Å². The maximum atomic E-state index is 12.1. The first-order valence-electron chi connectivity index (χ1n) is 9.76. The quantitative estimate of drug-likeness (QED) is 0.580. The first-order chi connectivity index (χ1) is 13.9. The Bertz CT molecular complexity index is 874. The lowest BCUT2D eigenvalue weighted by Gasteiger charge is -2.20. The van der Waals surface area contributed by atoms with Gasteiger partial charge < -0.3 is 9.47 Å². The number of thioether (sulfide) groups is 1. The van der Waals surface area contributed by atoms with E-state index in [1.54, 1.807) is 6.07 Å². The molecule has 0 bridgehead atoms. The van der Waals surface area contributed by atoms with Crippen LogP contribution in [0.1, 0.15) is 48.0 Å². The number of rotatable bonds is 4. The Morgan fingerprint density at radius 2 is 1.60 bits per heavy atom. The van der Waals surface area contributed by atoms with Crippen molar-refractivity contribution >= 4 is 29.6 Å². The van der Waals surface area contributed by atoms with Gasteiger partial charge in [0.25, 0.3) is 0 Å². The van der Waals surface area contributed by atoms with Crippen molar-refractivity contribution in [3.05, 3.63) is 59.2 Å². The molecule has 0 radical (unpaired) electrons. The van der Waals surface area contributed by atoms with Crippen molar-refractivity contribution in [2.45, 2.75) is 64.1 Å². The van der Waals surface area contributed by atoms with E-state index in [0.29, 0.717) is 17.8 Å². The zero-order chi connectivity index (χ0) is 22.4. The summed E-state index contributed by atoms with van der Waals surface area (Å²) in [6.07, 6.45) is 7.56. The fourth-order valence-corrected chi connectivity index (χ4v) is 3.36. The van der Waals surface area contributed by atoms with Crippen molar-refractivity contribution in [1.29, 1.82) is 0 Å². The molecule has 1 aliphatic rings. The average Bonchev–Trinajstić information content (AvgIpc) is 2.76. The highest BCUT2D eigenvalue weighted by Gasteiger charge is 2.18. The maximum Gasteiger partial charge on any atom is 0.412 e. The van der Waals surface area contributed by atoms with E-state index in [0.717, 1.165) is 9.80 Å². The molecule has 0 heterocycles. The second-order valence-corrected chi connectivity index (χ2v) is 9.87. The lowest BCUT2D eigenvalue weighted by atomic mass is 10.2. The summed E-state index contributed by atoms with van der Waals surface area (Å²) in [6.45, 7) is 10.9. The van der Waals surface area contributed by atoms with Crippen LogP contribution in [-0.4, -0.2) is 23.4 Å². The van der Waals surface area contributed by atoms with Crippen LogP contribution in [0.25, 0.3) is 0 Å². The lowest BCUT2D eigenvalue weighted by Crippen LogP contribution is -2.31. The Balaban J connectivity index is 2.05. The van der Waals surface area contributed by atoms with Gasteiger partial charge in [-0.2, -0.15) is 0 Å². The fraction of sp³-hybridized carbons (Fsp3) is 0.391. The van der Waals surface area contributed by atoms with Crippen molar-refractivity contribution in [3.8, 4) is 0 Å². The maximum absolute atomic E-state index is 12.1.